The zero-order valence-corrected chi connectivity index (χ0v) is 7.71. The third-order valence-electron chi connectivity index (χ3n) is 1.59. The number of ether oxygens (including phenoxy) is 1. The minimum Gasteiger partial charge on any atom is -0.490 e. The van der Waals surface area contributed by atoms with E-state index in [9.17, 15) is 13.2 Å². The molecular formula is C8H11F3N2O. The summed E-state index contributed by atoms with van der Waals surface area (Å²) in [6.45, 7) is 2.19. The molecule has 1 heterocycles. The van der Waals surface area contributed by atoms with Gasteiger partial charge in [-0.05, 0) is 6.92 Å². The fraction of sp³-hybridized carbons (Fsp3) is 0.625. The van der Waals surface area contributed by atoms with Crippen LogP contribution >= 0.6 is 0 Å². The van der Waals surface area contributed by atoms with Gasteiger partial charge in [-0.1, -0.05) is 0 Å². The number of alkyl halides is 3. The zero-order valence-electron chi connectivity index (χ0n) is 7.71. The Hall–Kier alpha value is -1.20. The maximum Gasteiger partial charge on any atom is 0.392 e. The molecule has 1 rings (SSSR count). The van der Waals surface area contributed by atoms with Crippen molar-refractivity contribution in [1.29, 1.82) is 0 Å². The van der Waals surface area contributed by atoms with Crippen LogP contribution in [0.4, 0.5) is 13.2 Å². The Labute approximate surface area is 79.5 Å². The van der Waals surface area contributed by atoms with E-state index in [1.165, 1.54) is 6.20 Å². The second kappa shape index (κ2) is 4.34. The van der Waals surface area contributed by atoms with Crippen molar-refractivity contribution in [3.63, 3.8) is 0 Å². The molecule has 80 valence electrons. The van der Waals surface area contributed by atoms with E-state index in [1.807, 2.05) is 6.92 Å². The lowest BCUT2D eigenvalue weighted by Crippen LogP contribution is -2.12. The average Bonchev–Trinajstić information content (AvgIpc) is 2.50. The van der Waals surface area contributed by atoms with Crippen LogP contribution in [-0.2, 0) is 6.54 Å². The molecule has 14 heavy (non-hydrogen) atoms. The predicted octanol–water partition coefficient (Wildman–Crippen LogP) is 2.23. The number of nitrogens with zero attached hydrogens (tertiary/aromatic N) is 2. The van der Waals surface area contributed by atoms with Gasteiger partial charge in [0.2, 0.25) is 0 Å². The SMILES string of the molecule is CCn1cc(OCCC(F)(F)F)cn1. The molecule has 0 aromatic carbocycles. The van der Waals surface area contributed by atoms with Crippen LogP contribution in [-0.4, -0.2) is 22.6 Å². The summed E-state index contributed by atoms with van der Waals surface area (Å²) in [6, 6.07) is 0. The Balaban J connectivity index is 2.31. The lowest BCUT2D eigenvalue weighted by molar-refractivity contribution is -0.139. The second-order valence-corrected chi connectivity index (χ2v) is 2.75. The van der Waals surface area contributed by atoms with Crippen molar-refractivity contribution in [3.05, 3.63) is 12.4 Å². The average molecular weight is 208 g/mol. The largest absolute Gasteiger partial charge is 0.490 e. The normalized spacial score (nSPS) is 11.7. The minimum absolute atomic E-state index is 0.362. The van der Waals surface area contributed by atoms with Crippen molar-refractivity contribution < 1.29 is 17.9 Å². The summed E-state index contributed by atoms with van der Waals surface area (Å²) in [7, 11) is 0. The van der Waals surface area contributed by atoms with E-state index in [-0.39, 0.29) is 6.61 Å². The van der Waals surface area contributed by atoms with Crippen LogP contribution in [0.3, 0.4) is 0 Å². The molecule has 1 aromatic rings. The van der Waals surface area contributed by atoms with Gasteiger partial charge >= 0.3 is 6.18 Å². The molecule has 0 amide bonds. The Morgan fingerprint density at radius 3 is 2.71 bits per heavy atom. The van der Waals surface area contributed by atoms with Gasteiger partial charge in [0, 0.05) is 6.54 Å². The number of aryl methyl sites for hydroxylation is 1. The van der Waals surface area contributed by atoms with E-state index in [2.05, 4.69) is 5.10 Å². The quantitative estimate of drug-likeness (QED) is 0.758. The maximum absolute atomic E-state index is 11.7. The molecule has 3 nitrogen and oxygen atoms in total. The maximum atomic E-state index is 11.7. The lowest BCUT2D eigenvalue weighted by atomic mass is 10.4. The Bertz CT molecular complexity index is 282. The van der Waals surface area contributed by atoms with Crippen LogP contribution in [0.15, 0.2) is 12.4 Å². The summed E-state index contributed by atoms with van der Waals surface area (Å²) >= 11 is 0. The van der Waals surface area contributed by atoms with Crippen LogP contribution in [0.5, 0.6) is 5.75 Å². The van der Waals surface area contributed by atoms with Gasteiger partial charge in [0.05, 0.1) is 25.4 Å². The molecule has 1 aromatic heterocycles. The molecule has 0 aliphatic heterocycles. The van der Waals surface area contributed by atoms with Crippen molar-refractivity contribution in [1.82, 2.24) is 9.78 Å². The number of halogens is 3. The van der Waals surface area contributed by atoms with Crippen LogP contribution in [0.25, 0.3) is 0 Å². The molecule has 0 saturated carbocycles. The van der Waals surface area contributed by atoms with Gasteiger partial charge in [-0.2, -0.15) is 18.3 Å². The van der Waals surface area contributed by atoms with Crippen molar-refractivity contribution in [2.75, 3.05) is 6.61 Å². The number of aromatic nitrogens is 2. The molecule has 0 radical (unpaired) electrons. The number of hydrogen-bond acceptors (Lipinski definition) is 2. The van der Waals surface area contributed by atoms with Crippen molar-refractivity contribution in [2.24, 2.45) is 0 Å². The van der Waals surface area contributed by atoms with E-state index >= 15 is 0 Å². The molecule has 0 N–H and O–H groups in total. The highest BCUT2D eigenvalue weighted by Crippen LogP contribution is 2.19. The van der Waals surface area contributed by atoms with Crippen LogP contribution < -0.4 is 4.74 Å². The summed E-state index contributed by atoms with van der Waals surface area (Å²) in [5, 5.41) is 3.86. The van der Waals surface area contributed by atoms with Gasteiger partial charge in [0.1, 0.15) is 0 Å². The summed E-state index contributed by atoms with van der Waals surface area (Å²) in [6.07, 6.45) is -2.14. The van der Waals surface area contributed by atoms with E-state index in [0.29, 0.717) is 12.3 Å². The van der Waals surface area contributed by atoms with Crippen molar-refractivity contribution in [3.8, 4) is 5.75 Å². The first-order chi connectivity index (χ1) is 6.51. The van der Waals surface area contributed by atoms with Gasteiger partial charge in [-0.3, -0.25) is 4.68 Å². The molecule has 0 unspecified atom stereocenters. The molecule has 0 atom stereocenters. The third kappa shape index (κ3) is 3.68. The Morgan fingerprint density at radius 2 is 2.21 bits per heavy atom. The highest BCUT2D eigenvalue weighted by molar-refractivity contribution is 5.11. The first-order valence-electron chi connectivity index (χ1n) is 4.23. The topological polar surface area (TPSA) is 27.1 Å². The second-order valence-electron chi connectivity index (χ2n) is 2.75. The van der Waals surface area contributed by atoms with Gasteiger partial charge in [0.25, 0.3) is 0 Å². The summed E-state index contributed by atoms with van der Waals surface area (Å²) < 4.78 is 41.6. The number of hydrogen-bond donors (Lipinski definition) is 0. The van der Waals surface area contributed by atoms with Gasteiger partial charge < -0.3 is 4.74 Å². The molecule has 0 aliphatic carbocycles. The third-order valence-corrected chi connectivity index (χ3v) is 1.59. The smallest absolute Gasteiger partial charge is 0.392 e. The predicted molar refractivity (Wildman–Crippen MR) is 44.1 cm³/mol. The molecule has 0 spiro atoms. The molecule has 0 bridgehead atoms. The monoisotopic (exact) mass is 208 g/mol. The Kier molecular flexibility index (Phi) is 3.38. The molecule has 0 aliphatic rings. The highest BCUT2D eigenvalue weighted by Gasteiger charge is 2.26. The van der Waals surface area contributed by atoms with Crippen LogP contribution in [0.2, 0.25) is 0 Å². The Morgan fingerprint density at radius 1 is 1.50 bits per heavy atom. The fourth-order valence-corrected chi connectivity index (χ4v) is 0.877. The summed E-state index contributed by atoms with van der Waals surface area (Å²) in [5.41, 5.74) is 0. The molecular weight excluding hydrogens is 197 g/mol. The first-order valence-corrected chi connectivity index (χ1v) is 4.23. The van der Waals surface area contributed by atoms with E-state index in [0.717, 1.165) is 0 Å². The molecule has 0 fully saturated rings. The van der Waals surface area contributed by atoms with E-state index in [1.54, 1.807) is 10.9 Å². The molecule has 0 saturated heterocycles. The zero-order chi connectivity index (χ0) is 10.6. The van der Waals surface area contributed by atoms with Crippen LogP contribution in [0, 0.1) is 0 Å². The summed E-state index contributed by atoms with van der Waals surface area (Å²) in [4.78, 5) is 0. The lowest BCUT2D eigenvalue weighted by Gasteiger charge is -2.06. The number of rotatable bonds is 4. The van der Waals surface area contributed by atoms with Gasteiger partial charge in [-0.25, -0.2) is 0 Å². The van der Waals surface area contributed by atoms with Crippen LogP contribution in [0.1, 0.15) is 13.3 Å². The fourth-order valence-electron chi connectivity index (χ4n) is 0.877. The van der Waals surface area contributed by atoms with Crippen molar-refractivity contribution >= 4 is 0 Å². The standard InChI is InChI=1S/C8H11F3N2O/c1-2-13-6-7(5-12-13)14-4-3-8(9,10)11/h5-6H,2-4H2,1H3. The first kappa shape index (κ1) is 10.9. The summed E-state index contributed by atoms with van der Waals surface area (Å²) in [5.74, 6) is 0.371. The highest BCUT2D eigenvalue weighted by atomic mass is 19.4. The van der Waals surface area contributed by atoms with E-state index in [4.69, 9.17) is 4.74 Å². The van der Waals surface area contributed by atoms with Gasteiger partial charge in [-0.15, -0.1) is 0 Å². The van der Waals surface area contributed by atoms with Gasteiger partial charge in [0.15, 0.2) is 5.75 Å². The van der Waals surface area contributed by atoms with E-state index < -0.39 is 12.6 Å². The minimum atomic E-state index is -4.17. The molecule has 6 heteroatoms. The van der Waals surface area contributed by atoms with Crippen molar-refractivity contribution in [2.45, 2.75) is 26.1 Å².